The predicted molar refractivity (Wildman–Crippen MR) is 102 cm³/mol. The number of primary amides is 1. The molecule has 0 spiro atoms. The van der Waals surface area contributed by atoms with Crippen LogP contribution < -0.4 is 10.5 Å². The fraction of sp³-hybridized carbons (Fsp3) is 0.100. The molecule has 5 nitrogen and oxygen atoms in total. The first kappa shape index (κ1) is 16.4. The molecule has 0 saturated carbocycles. The van der Waals surface area contributed by atoms with Gasteiger partial charge in [0.05, 0.1) is 28.8 Å². The fourth-order valence-electron chi connectivity index (χ4n) is 3.54. The maximum Gasteiger partial charge on any atom is 0.323 e. The summed E-state index contributed by atoms with van der Waals surface area (Å²) in [7, 11) is 0. The molecule has 1 aliphatic rings. The number of hydrogen-bond donors (Lipinski definition) is 1. The maximum absolute atomic E-state index is 12.3. The van der Waals surface area contributed by atoms with Crippen molar-refractivity contribution >= 4 is 32.9 Å². The van der Waals surface area contributed by atoms with Gasteiger partial charge in [-0.1, -0.05) is 40.2 Å². The smallest absolute Gasteiger partial charge is 0.323 e. The first-order chi connectivity index (χ1) is 12.5. The highest BCUT2D eigenvalue weighted by Gasteiger charge is 2.36. The van der Waals surface area contributed by atoms with Gasteiger partial charge in [0.15, 0.2) is 5.75 Å². The van der Waals surface area contributed by atoms with Crippen molar-refractivity contribution in [2.75, 3.05) is 0 Å². The Labute approximate surface area is 158 Å². The number of ether oxygens (including phenoxy) is 1. The molecule has 2 N–H and O–H groups in total. The van der Waals surface area contributed by atoms with Crippen LogP contribution in [-0.4, -0.2) is 10.6 Å². The second-order valence-corrected chi connectivity index (χ2v) is 6.99. The van der Waals surface area contributed by atoms with E-state index >= 15 is 0 Å². The Hall–Kier alpha value is -3.04. The van der Waals surface area contributed by atoms with Crippen molar-refractivity contribution in [2.45, 2.75) is 12.8 Å². The molecular formula is C20H14BrN3O2. The number of rotatable bonds is 1. The summed E-state index contributed by atoms with van der Waals surface area (Å²) in [4.78, 5) is 12.3. The van der Waals surface area contributed by atoms with E-state index in [2.05, 4.69) is 22.0 Å². The third kappa shape index (κ3) is 2.32. The second kappa shape index (κ2) is 6.04. The average molecular weight is 408 g/mol. The van der Waals surface area contributed by atoms with Crippen molar-refractivity contribution in [1.29, 1.82) is 5.26 Å². The zero-order chi connectivity index (χ0) is 18.4. The van der Waals surface area contributed by atoms with Crippen LogP contribution in [0.5, 0.6) is 5.75 Å². The minimum absolute atomic E-state index is 0.443. The van der Waals surface area contributed by atoms with E-state index in [9.17, 15) is 10.1 Å². The molecule has 1 amide bonds. The van der Waals surface area contributed by atoms with Crippen LogP contribution in [0.4, 0.5) is 4.79 Å². The number of halogens is 1. The Morgan fingerprint density at radius 2 is 2.04 bits per heavy atom. The Balaban J connectivity index is 2.13. The van der Waals surface area contributed by atoms with E-state index < -0.39 is 11.9 Å². The first-order valence-corrected chi connectivity index (χ1v) is 8.79. The molecule has 6 heteroatoms. The molecule has 4 rings (SSSR count). The first-order valence-electron chi connectivity index (χ1n) is 8.00. The lowest BCUT2D eigenvalue weighted by Crippen LogP contribution is -2.25. The van der Waals surface area contributed by atoms with Crippen LogP contribution in [0.1, 0.15) is 24.1 Å². The van der Waals surface area contributed by atoms with Gasteiger partial charge >= 0.3 is 6.03 Å². The number of allylic oxidation sites excluding steroid dienone is 2. The van der Waals surface area contributed by atoms with Crippen molar-refractivity contribution in [3.63, 3.8) is 0 Å². The van der Waals surface area contributed by atoms with Gasteiger partial charge in [0.2, 0.25) is 0 Å². The summed E-state index contributed by atoms with van der Waals surface area (Å²) in [6.07, 6.45) is 0. The number of fused-ring (bicyclic) bond motifs is 3. The number of carbonyl (C=O) groups excluding carboxylic acids is 1. The van der Waals surface area contributed by atoms with Gasteiger partial charge in [-0.25, -0.2) is 4.79 Å². The number of benzene rings is 2. The molecule has 1 unspecified atom stereocenters. The molecular weight excluding hydrogens is 394 g/mol. The molecule has 1 aliphatic heterocycles. The van der Waals surface area contributed by atoms with Gasteiger partial charge in [-0.05, 0) is 36.8 Å². The van der Waals surface area contributed by atoms with Crippen LogP contribution in [0.3, 0.4) is 0 Å². The number of nitrogens with two attached hydrogens (primary N) is 1. The third-order valence-corrected chi connectivity index (χ3v) is 5.08. The van der Waals surface area contributed by atoms with E-state index in [1.165, 1.54) is 4.57 Å². The van der Waals surface area contributed by atoms with Crippen molar-refractivity contribution in [1.82, 2.24) is 4.57 Å². The minimum atomic E-state index is -0.608. The van der Waals surface area contributed by atoms with Gasteiger partial charge in [0.1, 0.15) is 5.76 Å². The number of para-hydroxylation sites is 1. The van der Waals surface area contributed by atoms with E-state index in [1.807, 2.05) is 48.5 Å². The summed E-state index contributed by atoms with van der Waals surface area (Å²) in [5, 5.41) is 10.6. The Kier molecular flexibility index (Phi) is 3.82. The third-order valence-electron chi connectivity index (χ3n) is 4.58. The van der Waals surface area contributed by atoms with Crippen LogP contribution in [0, 0.1) is 11.3 Å². The minimum Gasteiger partial charge on any atom is -0.458 e. The van der Waals surface area contributed by atoms with Crippen LogP contribution in [-0.2, 0) is 0 Å². The molecule has 0 saturated heterocycles. The summed E-state index contributed by atoms with van der Waals surface area (Å²) in [5.74, 6) is 0.652. The Morgan fingerprint density at radius 3 is 2.73 bits per heavy atom. The lowest BCUT2D eigenvalue weighted by atomic mass is 9.86. The Bertz CT molecular complexity index is 1140. The predicted octanol–water partition coefficient (Wildman–Crippen LogP) is 4.65. The van der Waals surface area contributed by atoms with E-state index in [0.717, 1.165) is 15.4 Å². The lowest BCUT2D eigenvalue weighted by molar-refractivity contribution is 0.250. The SMILES string of the molecule is CC1=C(C#N)C(c2cccc(Br)c2)c2c(c3ccccc3n2C(N)=O)O1. The van der Waals surface area contributed by atoms with Gasteiger partial charge in [0.25, 0.3) is 0 Å². The molecule has 0 fully saturated rings. The van der Waals surface area contributed by atoms with Gasteiger partial charge in [-0.15, -0.1) is 0 Å². The zero-order valence-corrected chi connectivity index (χ0v) is 15.4. The van der Waals surface area contributed by atoms with Crippen LogP contribution in [0.2, 0.25) is 0 Å². The largest absolute Gasteiger partial charge is 0.458 e. The fourth-order valence-corrected chi connectivity index (χ4v) is 3.95. The molecule has 26 heavy (non-hydrogen) atoms. The van der Waals surface area contributed by atoms with Crippen LogP contribution in [0.15, 0.2) is 64.3 Å². The molecule has 0 radical (unpaired) electrons. The van der Waals surface area contributed by atoms with Crippen molar-refractivity contribution < 1.29 is 9.53 Å². The van der Waals surface area contributed by atoms with Gasteiger partial charge in [0, 0.05) is 9.86 Å². The zero-order valence-electron chi connectivity index (χ0n) is 13.9. The van der Waals surface area contributed by atoms with Crippen LogP contribution in [0.25, 0.3) is 10.9 Å². The van der Waals surface area contributed by atoms with E-state index in [1.54, 1.807) is 6.92 Å². The standard InChI is InChI=1S/C20H14BrN3O2/c1-11-15(10-22)17(12-5-4-6-13(21)9-12)18-19(26-11)14-7-2-3-8-16(14)24(18)20(23)25/h2-9,17H,1H3,(H2,23,25). The molecule has 0 aliphatic carbocycles. The summed E-state index contributed by atoms with van der Waals surface area (Å²) in [5.41, 5.74) is 8.29. The maximum atomic E-state index is 12.3. The molecule has 2 aromatic carbocycles. The number of hydrogen-bond acceptors (Lipinski definition) is 3. The number of amides is 1. The number of nitriles is 1. The topological polar surface area (TPSA) is 81.0 Å². The monoisotopic (exact) mass is 407 g/mol. The lowest BCUT2D eigenvalue weighted by Gasteiger charge is -2.26. The summed E-state index contributed by atoms with van der Waals surface area (Å²) >= 11 is 3.48. The summed E-state index contributed by atoms with van der Waals surface area (Å²) < 4.78 is 8.31. The van der Waals surface area contributed by atoms with Gasteiger partial charge in [-0.3, -0.25) is 4.57 Å². The average Bonchev–Trinajstić information content (AvgIpc) is 2.94. The molecule has 2 heterocycles. The molecule has 3 aromatic rings. The molecule has 1 atom stereocenters. The quantitative estimate of drug-likeness (QED) is 0.636. The Morgan fingerprint density at radius 1 is 1.27 bits per heavy atom. The van der Waals surface area contributed by atoms with E-state index in [4.69, 9.17) is 10.5 Å². The molecule has 0 bridgehead atoms. The molecule has 128 valence electrons. The van der Waals surface area contributed by atoms with E-state index in [-0.39, 0.29) is 0 Å². The summed E-state index contributed by atoms with van der Waals surface area (Å²) in [6.45, 7) is 1.77. The highest BCUT2D eigenvalue weighted by atomic mass is 79.9. The van der Waals surface area contributed by atoms with Crippen molar-refractivity contribution in [3.8, 4) is 11.8 Å². The molecule has 1 aromatic heterocycles. The van der Waals surface area contributed by atoms with Gasteiger partial charge < -0.3 is 10.5 Å². The normalized spacial score (nSPS) is 16.1. The second-order valence-electron chi connectivity index (χ2n) is 6.08. The number of nitrogens with zero attached hydrogens (tertiary/aromatic N) is 2. The highest BCUT2D eigenvalue weighted by molar-refractivity contribution is 9.10. The summed E-state index contributed by atoms with van der Waals surface area (Å²) in [6, 6.07) is 16.7. The highest BCUT2D eigenvalue weighted by Crippen LogP contribution is 2.48. The van der Waals surface area contributed by atoms with Crippen LogP contribution >= 0.6 is 15.9 Å². The van der Waals surface area contributed by atoms with E-state index in [0.29, 0.717) is 28.3 Å². The van der Waals surface area contributed by atoms with Crippen molar-refractivity contribution in [2.24, 2.45) is 5.73 Å². The van der Waals surface area contributed by atoms with Crippen molar-refractivity contribution in [3.05, 3.63) is 75.6 Å². The van der Waals surface area contributed by atoms with Gasteiger partial charge in [-0.2, -0.15) is 5.26 Å². The number of aromatic nitrogens is 1. The number of carbonyl (C=O) groups is 1.